The minimum atomic E-state index is 0.00506. The summed E-state index contributed by atoms with van der Waals surface area (Å²) in [5, 5.41) is 0.597. The van der Waals surface area contributed by atoms with E-state index in [1.807, 2.05) is 26.0 Å². The monoisotopic (exact) mass is 400 g/mol. The van der Waals surface area contributed by atoms with E-state index >= 15 is 0 Å². The van der Waals surface area contributed by atoms with Gasteiger partial charge in [0, 0.05) is 20.1 Å². The van der Waals surface area contributed by atoms with E-state index in [0.29, 0.717) is 10.6 Å². The molecule has 0 amide bonds. The summed E-state index contributed by atoms with van der Waals surface area (Å²) >= 11 is 12.8. The molecular weight excluding hydrogens is 391 g/mol. The molecule has 0 N–H and O–H groups in total. The van der Waals surface area contributed by atoms with Gasteiger partial charge in [-0.25, -0.2) is 0 Å². The van der Waals surface area contributed by atoms with Crippen molar-refractivity contribution < 1.29 is 4.79 Å². The van der Waals surface area contributed by atoms with Crippen LogP contribution < -0.4 is 0 Å². The first-order valence-electron chi connectivity index (χ1n) is 5.66. The molecule has 19 heavy (non-hydrogen) atoms. The largest absolute Gasteiger partial charge is 0.289 e. The highest BCUT2D eigenvalue weighted by atomic mass is 79.9. The van der Waals surface area contributed by atoms with Gasteiger partial charge in [0.1, 0.15) is 0 Å². The summed E-state index contributed by atoms with van der Waals surface area (Å²) in [5.41, 5.74) is 3.34. The molecule has 0 saturated heterocycles. The third-order valence-electron chi connectivity index (χ3n) is 2.93. The predicted octanol–water partition coefficient (Wildman–Crippen LogP) is 5.71. The molecule has 0 unspecified atom stereocenters. The molecule has 1 nitrogen and oxygen atoms in total. The molecule has 2 aromatic carbocycles. The zero-order valence-corrected chi connectivity index (χ0v) is 14.4. The van der Waals surface area contributed by atoms with E-state index in [4.69, 9.17) is 11.6 Å². The zero-order valence-electron chi connectivity index (χ0n) is 10.4. The quantitative estimate of drug-likeness (QED) is 0.588. The third-order valence-corrected chi connectivity index (χ3v) is 5.00. The number of hydrogen-bond acceptors (Lipinski definition) is 1. The minimum absolute atomic E-state index is 0.00506. The number of rotatable bonds is 2. The fourth-order valence-electron chi connectivity index (χ4n) is 1.82. The second-order valence-electron chi connectivity index (χ2n) is 4.37. The number of halogens is 3. The standard InChI is InChI=1S/C15H11Br2ClO/c1-8-6-12(16)9(2)5-11(8)15(19)10-3-4-14(18)13(17)7-10/h3-7H,1-2H3. The summed E-state index contributed by atoms with van der Waals surface area (Å²) in [6.45, 7) is 3.90. The van der Waals surface area contributed by atoms with Crippen molar-refractivity contribution in [3.05, 3.63) is 66.6 Å². The van der Waals surface area contributed by atoms with Gasteiger partial charge in [-0.2, -0.15) is 0 Å². The third kappa shape index (κ3) is 3.10. The Morgan fingerprint density at radius 1 is 1.00 bits per heavy atom. The van der Waals surface area contributed by atoms with E-state index in [-0.39, 0.29) is 5.78 Å². The van der Waals surface area contributed by atoms with Crippen molar-refractivity contribution in [3.8, 4) is 0 Å². The van der Waals surface area contributed by atoms with Gasteiger partial charge >= 0.3 is 0 Å². The van der Waals surface area contributed by atoms with Crippen molar-refractivity contribution in [2.75, 3.05) is 0 Å². The van der Waals surface area contributed by atoms with Gasteiger partial charge in [0.15, 0.2) is 5.78 Å². The van der Waals surface area contributed by atoms with Crippen LogP contribution in [0.1, 0.15) is 27.0 Å². The second kappa shape index (κ2) is 5.78. The Morgan fingerprint density at radius 3 is 2.32 bits per heavy atom. The molecule has 0 aliphatic carbocycles. The lowest BCUT2D eigenvalue weighted by molar-refractivity contribution is 0.103. The van der Waals surface area contributed by atoms with E-state index < -0.39 is 0 Å². The molecule has 2 rings (SSSR count). The van der Waals surface area contributed by atoms with Crippen molar-refractivity contribution in [1.29, 1.82) is 0 Å². The maximum Gasteiger partial charge on any atom is 0.193 e. The van der Waals surface area contributed by atoms with Crippen molar-refractivity contribution >= 4 is 49.2 Å². The van der Waals surface area contributed by atoms with Gasteiger partial charge in [0.25, 0.3) is 0 Å². The topological polar surface area (TPSA) is 17.1 Å². The normalized spacial score (nSPS) is 10.6. The lowest BCUT2D eigenvalue weighted by Crippen LogP contribution is -2.04. The SMILES string of the molecule is Cc1cc(C(=O)c2ccc(Cl)c(Br)c2)c(C)cc1Br. The van der Waals surface area contributed by atoms with Crippen LogP contribution in [0.3, 0.4) is 0 Å². The number of benzene rings is 2. The maximum atomic E-state index is 12.5. The molecular formula is C15H11Br2ClO. The summed E-state index contributed by atoms with van der Waals surface area (Å²) < 4.78 is 1.74. The summed E-state index contributed by atoms with van der Waals surface area (Å²) in [7, 11) is 0. The average molecular weight is 403 g/mol. The summed E-state index contributed by atoms with van der Waals surface area (Å²) in [6, 6.07) is 9.09. The summed E-state index contributed by atoms with van der Waals surface area (Å²) in [4.78, 5) is 12.5. The van der Waals surface area contributed by atoms with Crippen LogP contribution in [0.2, 0.25) is 5.02 Å². The van der Waals surface area contributed by atoms with E-state index in [1.54, 1.807) is 18.2 Å². The minimum Gasteiger partial charge on any atom is -0.289 e. The maximum absolute atomic E-state index is 12.5. The molecule has 0 bridgehead atoms. The van der Waals surface area contributed by atoms with Gasteiger partial charge in [-0.15, -0.1) is 0 Å². The van der Waals surface area contributed by atoms with E-state index in [9.17, 15) is 4.79 Å². The number of carbonyl (C=O) groups excluding carboxylic acids is 1. The molecule has 0 radical (unpaired) electrons. The van der Waals surface area contributed by atoms with Crippen LogP contribution in [0.25, 0.3) is 0 Å². The number of hydrogen-bond donors (Lipinski definition) is 0. The Balaban J connectivity index is 2.49. The van der Waals surface area contributed by atoms with Crippen molar-refractivity contribution in [3.63, 3.8) is 0 Å². The highest BCUT2D eigenvalue weighted by molar-refractivity contribution is 9.10. The molecule has 0 fully saturated rings. The van der Waals surface area contributed by atoms with E-state index in [1.165, 1.54) is 0 Å². The van der Waals surface area contributed by atoms with Crippen molar-refractivity contribution in [1.82, 2.24) is 0 Å². The lowest BCUT2D eigenvalue weighted by atomic mass is 9.97. The fourth-order valence-corrected chi connectivity index (χ4v) is 2.77. The fraction of sp³-hybridized carbons (Fsp3) is 0.133. The van der Waals surface area contributed by atoms with Crippen LogP contribution in [-0.4, -0.2) is 5.78 Å². The Hall–Kier alpha value is -0.640. The first-order valence-corrected chi connectivity index (χ1v) is 7.63. The van der Waals surface area contributed by atoms with Crippen LogP contribution in [0, 0.1) is 13.8 Å². The highest BCUT2D eigenvalue weighted by Crippen LogP contribution is 2.27. The molecule has 0 aromatic heterocycles. The van der Waals surface area contributed by atoms with Gasteiger partial charge in [-0.3, -0.25) is 4.79 Å². The summed E-state index contributed by atoms with van der Waals surface area (Å²) in [6.07, 6.45) is 0. The van der Waals surface area contributed by atoms with Crippen LogP contribution >= 0.6 is 43.5 Å². The smallest absolute Gasteiger partial charge is 0.193 e. The molecule has 2 aromatic rings. The Morgan fingerprint density at radius 2 is 1.68 bits per heavy atom. The van der Waals surface area contributed by atoms with Crippen molar-refractivity contribution in [2.24, 2.45) is 0 Å². The molecule has 0 heterocycles. The van der Waals surface area contributed by atoms with Gasteiger partial charge in [-0.05, 0) is 71.2 Å². The first-order chi connectivity index (χ1) is 8.90. The number of carbonyl (C=O) groups is 1. The molecule has 0 aliphatic rings. The molecule has 0 aliphatic heterocycles. The van der Waals surface area contributed by atoms with E-state index in [0.717, 1.165) is 25.6 Å². The first kappa shape index (κ1) is 14.8. The Labute approximate surface area is 134 Å². The zero-order chi connectivity index (χ0) is 14.2. The Kier molecular flexibility index (Phi) is 4.49. The number of aryl methyl sites for hydroxylation is 2. The van der Waals surface area contributed by atoms with Gasteiger partial charge in [0.05, 0.1) is 5.02 Å². The number of ketones is 1. The molecule has 98 valence electrons. The van der Waals surface area contributed by atoms with Crippen LogP contribution in [0.5, 0.6) is 0 Å². The van der Waals surface area contributed by atoms with Crippen LogP contribution in [0.4, 0.5) is 0 Å². The molecule has 4 heteroatoms. The van der Waals surface area contributed by atoms with Gasteiger partial charge in [0.2, 0.25) is 0 Å². The second-order valence-corrected chi connectivity index (χ2v) is 6.49. The van der Waals surface area contributed by atoms with E-state index in [2.05, 4.69) is 31.9 Å². The van der Waals surface area contributed by atoms with Gasteiger partial charge < -0.3 is 0 Å². The average Bonchev–Trinajstić information content (AvgIpc) is 2.36. The van der Waals surface area contributed by atoms with Crippen LogP contribution in [-0.2, 0) is 0 Å². The lowest BCUT2D eigenvalue weighted by Gasteiger charge is -2.09. The predicted molar refractivity (Wildman–Crippen MR) is 86.2 cm³/mol. The van der Waals surface area contributed by atoms with Crippen LogP contribution in [0.15, 0.2) is 39.3 Å². The molecule has 0 atom stereocenters. The van der Waals surface area contributed by atoms with Gasteiger partial charge in [-0.1, -0.05) is 27.5 Å². The Bertz CT molecular complexity index is 665. The highest BCUT2D eigenvalue weighted by Gasteiger charge is 2.14. The van der Waals surface area contributed by atoms with Crippen molar-refractivity contribution in [2.45, 2.75) is 13.8 Å². The summed E-state index contributed by atoms with van der Waals surface area (Å²) in [5.74, 6) is 0.00506. The molecule has 0 spiro atoms. The molecule has 0 saturated carbocycles.